The second-order valence-corrected chi connectivity index (χ2v) is 8.83. The van der Waals surface area contributed by atoms with Gasteiger partial charge in [0.2, 0.25) is 5.91 Å². The van der Waals surface area contributed by atoms with Crippen LogP contribution in [0.3, 0.4) is 0 Å². The molecule has 7 nitrogen and oxygen atoms in total. The highest BCUT2D eigenvalue weighted by molar-refractivity contribution is 5.86. The van der Waals surface area contributed by atoms with Gasteiger partial charge in [0, 0.05) is 30.0 Å². The number of benzene rings is 2. The van der Waals surface area contributed by atoms with Gasteiger partial charge >= 0.3 is 12.1 Å². The van der Waals surface area contributed by atoms with E-state index in [1.807, 2.05) is 38.1 Å². The van der Waals surface area contributed by atoms with Gasteiger partial charge in [-0.05, 0) is 49.4 Å². The average molecular weight is 451 g/mol. The molecule has 0 aliphatic heterocycles. The highest BCUT2D eigenvalue weighted by Crippen LogP contribution is 2.44. The Morgan fingerprint density at radius 3 is 2.18 bits per heavy atom. The van der Waals surface area contributed by atoms with Gasteiger partial charge in [0.25, 0.3) is 0 Å². The number of carbonyl (C=O) groups is 3. The standard InChI is InChI=1S/C26H30N2O5/c1-17(24(30)31)13-15-27-23(29)12-14-26(2,3)28-25(32)33-16-22-20-10-6-4-8-18(20)19-9-5-7-11-21(19)22/h4-11,13,22H,12,14-16H2,1-3H3,(H,27,29)(H,28,32)(H,30,31)/b17-13+. The zero-order valence-corrected chi connectivity index (χ0v) is 19.2. The van der Waals surface area contributed by atoms with Crippen molar-refractivity contribution in [2.75, 3.05) is 13.2 Å². The van der Waals surface area contributed by atoms with E-state index in [0.29, 0.717) is 6.42 Å². The van der Waals surface area contributed by atoms with E-state index in [1.165, 1.54) is 24.1 Å². The average Bonchev–Trinajstić information content (AvgIpc) is 3.10. The molecule has 1 aliphatic rings. The number of rotatable bonds is 9. The van der Waals surface area contributed by atoms with Crippen LogP contribution in [0.25, 0.3) is 11.1 Å². The Hall–Kier alpha value is -3.61. The van der Waals surface area contributed by atoms with Crippen molar-refractivity contribution >= 4 is 18.0 Å². The Labute approximate surface area is 193 Å². The number of carboxylic acid groups (broad SMARTS) is 1. The van der Waals surface area contributed by atoms with Crippen LogP contribution in [0.2, 0.25) is 0 Å². The summed E-state index contributed by atoms with van der Waals surface area (Å²) in [5.74, 6) is -1.25. The number of aliphatic carboxylic acids is 1. The first-order valence-corrected chi connectivity index (χ1v) is 11.0. The van der Waals surface area contributed by atoms with Crippen LogP contribution in [0.15, 0.2) is 60.2 Å². The second kappa shape index (κ2) is 10.3. The van der Waals surface area contributed by atoms with Gasteiger partial charge < -0.3 is 20.5 Å². The molecule has 3 N–H and O–H groups in total. The zero-order chi connectivity index (χ0) is 24.0. The molecule has 0 spiro atoms. The SMILES string of the molecule is C/C(=C\CNC(=O)CCC(C)(C)NC(=O)OCC1c2ccccc2-c2ccccc21)C(=O)O. The van der Waals surface area contributed by atoms with Gasteiger partial charge in [0.05, 0.1) is 0 Å². The summed E-state index contributed by atoms with van der Waals surface area (Å²) in [4.78, 5) is 35.3. The largest absolute Gasteiger partial charge is 0.478 e. The molecular formula is C26H30N2O5. The first-order valence-electron chi connectivity index (χ1n) is 11.0. The van der Waals surface area contributed by atoms with Crippen LogP contribution in [0.5, 0.6) is 0 Å². The van der Waals surface area contributed by atoms with Gasteiger partial charge in [-0.1, -0.05) is 54.6 Å². The highest BCUT2D eigenvalue weighted by Gasteiger charge is 2.30. The molecule has 2 aromatic rings. The Kier molecular flexibility index (Phi) is 7.53. The third kappa shape index (κ3) is 6.22. The van der Waals surface area contributed by atoms with E-state index < -0.39 is 17.6 Å². The molecule has 0 fully saturated rings. The maximum atomic E-state index is 12.5. The molecule has 0 saturated heterocycles. The Morgan fingerprint density at radius 2 is 1.61 bits per heavy atom. The Morgan fingerprint density at radius 1 is 1.03 bits per heavy atom. The van der Waals surface area contributed by atoms with E-state index in [2.05, 4.69) is 34.9 Å². The number of hydrogen-bond acceptors (Lipinski definition) is 4. The second-order valence-electron chi connectivity index (χ2n) is 8.83. The lowest BCUT2D eigenvalue weighted by Crippen LogP contribution is -2.44. The number of fused-ring (bicyclic) bond motifs is 3. The number of amides is 2. The first-order chi connectivity index (χ1) is 15.7. The maximum absolute atomic E-state index is 12.5. The Bertz CT molecular complexity index is 1030. The van der Waals surface area contributed by atoms with Crippen molar-refractivity contribution in [2.24, 2.45) is 0 Å². The van der Waals surface area contributed by atoms with E-state index in [-0.39, 0.29) is 37.0 Å². The highest BCUT2D eigenvalue weighted by atomic mass is 16.5. The van der Waals surface area contributed by atoms with E-state index in [0.717, 1.165) is 11.1 Å². The van der Waals surface area contributed by atoms with Crippen LogP contribution in [-0.4, -0.2) is 41.8 Å². The fourth-order valence-electron chi connectivity index (χ4n) is 3.89. The number of hydrogen-bond donors (Lipinski definition) is 3. The number of nitrogens with one attached hydrogen (secondary N) is 2. The third-order valence-electron chi connectivity index (χ3n) is 5.81. The summed E-state index contributed by atoms with van der Waals surface area (Å²) in [5, 5.41) is 14.3. The molecule has 2 amide bonds. The first kappa shape index (κ1) is 24.0. The monoisotopic (exact) mass is 450 g/mol. The van der Waals surface area contributed by atoms with E-state index >= 15 is 0 Å². The summed E-state index contributed by atoms with van der Waals surface area (Å²) in [6.45, 7) is 5.51. The quantitative estimate of drug-likeness (QED) is 0.496. The molecule has 0 atom stereocenters. The molecule has 0 saturated carbocycles. The molecule has 0 heterocycles. The number of carbonyl (C=O) groups excluding carboxylic acids is 2. The molecule has 0 radical (unpaired) electrons. The van der Waals surface area contributed by atoms with Crippen molar-refractivity contribution in [3.63, 3.8) is 0 Å². The predicted molar refractivity (Wildman–Crippen MR) is 126 cm³/mol. The molecule has 3 rings (SSSR count). The van der Waals surface area contributed by atoms with Crippen molar-refractivity contribution < 1.29 is 24.2 Å². The van der Waals surface area contributed by atoms with Crippen LogP contribution in [0.1, 0.15) is 50.7 Å². The molecule has 0 unspecified atom stereocenters. The van der Waals surface area contributed by atoms with Gasteiger partial charge in [-0.3, -0.25) is 4.79 Å². The van der Waals surface area contributed by atoms with E-state index in [1.54, 1.807) is 0 Å². The van der Waals surface area contributed by atoms with Crippen LogP contribution in [-0.2, 0) is 14.3 Å². The molecular weight excluding hydrogens is 420 g/mol. The lowest BCUT2D eigenvalue weighted by molar-refractivity contribution is -0.132. The fraction of sp³-hybridized carbons (Fsp3) is 0.346. The third-order valence-corrected chi connectivity index (χ3v) is 5.81. The molecule has 174 valence electrons. The van der Waals surface area contributed by atoms with Gasteiger partial charge in [0.15, 0.2) is 0 Å². The summed E-state index contributed by atoms with van der Waals surface area (Å²) in [7, 11) is 0. The maximum Gasteiger partial charge on any atom is 0.407 e. The summed E-state index contributed by atoms with van der Waals surface area (Å²) in [5.41, 5.74) is 4.16. The van der Waals surface area contributed by atoms with Gasteiger partial charge in [-0.15, -0.1) is 0 Å². The number of alkyl carbamates (subject to hydrolysis) is 1. The van der Waals surface area contributed by atoms with Crippen LogP contribution >= 0.6 is 0 Å². The summed E-state index contributed by atoms with van der Waals surface area (Å²) in [6.07, 6.45) is 1.52. The number of ether oxygens (including phenoxy) is 1. The van der Waals surface area contributed by atoms with Crippen molar-refractivity contribution in [3.05, 3.63) is 71.3 Å². The van der Waals surface area contributed by atoms with Gasteiger partial charge in [-0.25, -0.2) is 9.59 Å². The topological polar surface area (TPSA) is 105 Å². The van der Waals surface area contributed by atoms with Gasteiger partial charge in [-0.2, -0.15) is 0 Å². The minimum atomic E-state index is -1.02. The number of carboxylic acids is 1. The predicted octanol–water partition coefficient (Wildman–Crippen LogP) is 4.23. The smallest absolute Gasteiger partial charge is 0.407 e. The van der Waals surface area contributed by atoms with E-state index in [4.69, 9.17) is 9.84 Å². The fourth-order valence-corrected chi connectivity index (χ4v) is 3.89. The molecule has 2 aromatic carbocycles. The zero-order valence-electron chi connectivity index (χ0n) is 19.2. The van der Waals surface area contributed by atoms with Crippen LogP contribution in [0, 0.1) is 0 Å². The summed E-state index contributed by atoms with van der Waals surface area (Å²) < 4.78 is 5.58. The molecule has 33 heavy (non-hydrogen) atoms. The van der Waals surface area contributed by atoms with Crippen molar-refractivity contribution in [3.8, 4) is 11.1 Å². The van der Waals surface area contributed by atoms with Gasteiger partial charge in [0.1, 0.15) is 6.61 Å². The van der Waals surface area contributed by atoms with E-state index in [9.17, 15) is 14.4 Å². The lowest BCUT2D eigenvalue weighted by Gasteiger charge is -2.26. The van der Waals surface area contributed by atoms with Crippen LogP contribution in [0.4, 0.5) is 4.79 Å². The minimum Gasteiger partial charge on any atom is -0.478 e. The normalized spacial score (nSPS) is 13.1. The van der Waals surface area contributed by atoms with Crippen LogP contribution < -0.4 is 10.6 Å². The lowest BCUT2D eigenvalue weighted by atomic mass is 9.98. The molecule has 1 aliphatic carbocycles. The minimum absolute atomic E-state index is 0.0145. The summed E-state index contributed by atoms with van der Waals surface area (Å²) >= 11 is 0. The van der Waals surface area contributed by atoms with Crippen molar-refractivity contribution in [1.29, 1.82) is 0 Å². The summed E-state index contributed by atoms with van der Waals surface area (Å²) in [6, 6.07) is 16.3. The van der Waals surface area contributed by atoms with Crippen molar-refractivity contribution in [1.82, 2.24) is 10.6 Å². The molecule has 7 heteroatoms. The van der Waals surface area contributed by atoms with Crippen molar-refractivity contribution in [2.45, 2.75) is 45.1 Å². The Balaban J connectivity index is 1.49. The molecule has 0 bridgehead atoms. The molecule has 0 aromatic heterocycles.